The summed E-state index contributed by atoms with van der Waals surface area (Å²) >= 11 is 6.19. The van der Waals surface area contributed by atoms with Gasteiger partial charge in [-0.05, 0) is 50.5 Å². The number of nitrogens with one attached hydrogen (secondary N) is 1. The predicted octanol–water partition coefficient (Wildman–Crippen LogP) is 3.85. The Morgan fingerprint density at radius 1 is 1.24 bits per heavy atom. The molecule has 2 N–H and O–H groups in total. The number of esters is 1. The molecule has 1 aliphatic rings. The van der Waals surface area contributed by atoms with Crippen LogP contribution < -0.4 is 0 Å². The Bertz CT molecular complexity index is 994. The first-order valence-electron chi connectivity index (χ1n) is 7.92. The molecule has 0 fully saturated rings. The fourth-order valence-electron chi connectivity index (χ4n) is 3.38. The van der Waals surface area contributed by atoms with Gasteiger partial charge in [-0.15, -0.1) is 0 Å². The zero-order valence-corrected chi connectivity index (χ0v) is 14.6. The minimum Gasteiger partial charge on any atom is -0.508 e. The normalized spacial score (nSPS) is 16.5. The lowest BCUT2D eigenvalue weighted by Crippen LogP contribution is -2.14. The summed E-state index contributed by atoms with van der Waals surface area (Å²) in [5.74, 6) is -0.277. The van der Waals surface area contributed by atoms with Crippen molar-refractivity contribution in [2.75, 3.05) is 14.1 Å². The molecule has 2 aromatic carbocycles. The molecule has 1 atom stereocenters. The van der Waals surface area contributed by atoms with Crippen LogP contribution in [0.4, 0.5) is 0 Å². The molecule has 4 rings (SSSR count). The molecule has 1 aromatic heterocycles. The number of hydrogen-bond donors (Lipinski definition) is 2. The lowest BCUT2D eigenvalue weighted by atomic mass is 9.96. The van der Waals surface area contributed by atoms with Gasteiger partial charge in [-0.1, -0.05) is 11.6 Å². The lowest BCUT2D eigenvalue weighted by molar-refractivity contribution is 0.0456. The smallest absolute Gasteiger partial charge is 0.339 e. The van der Waals surface area contributed by atoms with Gasteiger partial charge in [0, 0.05) is 39.3 Å². The van der Waals surface area contributed by atoms with E-state index in [-0.39, 0.29) is 11.7 Å². The Kier molecular flexibility index (Phi) is 3.71. The molecule has 0 radical (unpaired) electrons. The van der Waals surface area contributed by atoms with Crippen molar-refractivity contribution in [1.82, 2.24) is 9.88 Å². The number of rotatable bonds is 3. The van der Waals surface area contributed by atoms with Gasteiger partial charge < -0.3 is 19.7 Å². The summed E-state index contributed by atoms with van der Waals surface area (Å²) in [7, 11) is 3.95. The van der Waals surface area contributed by atoms with Crippen LogP contribution >= 0.6 is 11.6 Å². The van der Waals surface area contributed by atoms with Crippen LogP contribution in [0, 0.1) is 0 Å². The maximum atomic E-state index is 12.3. The number of cyclic esters (lactones) is 1. The number of aromatic hydroxyl groups is 1. The molecule has 2 heterocycles. The van der Waals surface area contributed by atoms with E-state index in [1.54, 1.807) is 12.1 Å². The SMILES string of the molecule is CN(C)Cc1[nH]c2ccc(Cl)cc2c1C1OC(=O)c2ccc(O)cc21. The van der Waals surface area contributed by atoms with Crippen molar-refractivity contribution in [2.45, 2.75) is 12.6 Å². The maximum Gasteiger partial charge on any atom is 0.339 e. The summed E-state index contributed by atoms with van der Waals surface area (Å²) in [5, 5.41) is 11.4. The topological polar surface area (TPSA) is 65.6 Å². The molecule has 0 bridgehead atoms. The van der Waals surface area contributed by atoms with E-state index < -0.39 is 6.10 Å². The van der Waals surface area contributed by atoms with Crippen LogP contribution in [-0.4, -0.2) is 35.1 Å². The summed E-state index contributed by atoms with van der Waals surface area (Å²) in [5.41, 5.74) is 3.92. The second-order valence-electron chi connectivity index (χ2n) is 6.50. The first kappa shape index (κ1) is 16.0. The highest BCUT2D eigenvalue weighted by Gasteiger charge is 2.35. The van der Waals surface area contributed by atoms with E-state index in [4.69, 9.17) is 16.3 Å². The molecule has 3 aromatic rings. The van der Waals surface area contributed by atoms with Gasteiger partial charge in [-0.3, -0.25) is 0 Å². The molecule has 25 heavy (non-hydrogen) atoms. The number of fused-ring (bicyclic) bond motifs is 2. The van der Waals surface area contributed by atoms with Gasteiger partial charge in [-0.2, -0.15) is 0 Å². The molecule has 1 aliphatic heterocycles. The number of phenolic OH excluding ortho intramolecular Hbond substituents is 1. The second-order valence-corrected chi connectivity index (χ2v) is 6.94. The average Bonchev–Trinajstić information content (AvgIpc) is 3.03. The van der Waals surface area contributed by atoms with Crippen molar-refractivity contribution in [3.63, 3.8) is 0 Å². The highest BCUT2D eigenvalue weighted by molar-refractivity contribution is 6.31. The number of phenols is 1. The first-order chi connectivity index (χ1) is 11.9. The minimum absolute atomic E-state index is 0.106. The fourth-order valence-corrected chi connectivity index (χ4v) is 3.55. The largest absolute Gasteiger partial charge is 0.508 e. The zero-order valence-electron chi connectivity index (χ0n) is 13.8. The molecule has 0 aliphatic carbocycles. The van der Waals surface area contributed by atoms with E-state index in [1.165, 1.54) is 6.07 Å². The Balaban J connectivity index is 1.96. The van der Waals surface area contributed by atoms with Crippen LogP contribution in [0.3, 0.4) is 0 Å². The van der Waals surface area contributed by atoms with Crippen molar-refractivity contribution < 1.29 is 14.6 Å². The number of H-pyrrole nitrogens is 1. The van der Waals surface area contributed by atoms with Gasteiger partial charge >= 0.3 is 5.97 Å². The molecular weight excluding hydrogens is 340 g/mol. The summed E-state index contributed by atoms with van der Waals surface area (Å²) in [6.07, 6.45) is -0.572. The molecule has 6 heteroatoms. The number of carbonyl (C=O) groups excluding carboxylic acids is 1. The summed E-state index contributed by atoms with van der Waals surface area (Å²) < 4.78 is 5.67. The number of aromatic nitrogens is 1. The highest BCUT2D eigenvalue weighted by atomic mass is 35.5. The zero-order chi connectivity index (χ0) is 17.7. The minimum atomic E-state index is -0.572. The molecule has 0 saturated heterocycles. The third-order valence-corrected chi connectivity index (χ3v) is 4.62. The number of halogens is 1. The fraction of sp³-hybridized carbons (Fsp3) is 0.211. The molecule has 1 unspecified atom stereocenters. The Labute approximate surface area is 149 Å². The van der Waals surface area contributed by atoms with Crippen LogP contribution in [0.2, 0.25) is 5.02 Å². The Hall–Kier alpha value is -2.50. The summed E-state index contributed by atoms with van der Waals surface area (Å²) in [4.78, 5) is 17.7. The van der Waals surface area contributed by atoms with Crippen molar-refractivity contribution in [3.8, 4) is 5.75 Å². The first-order valence-corrected chi connectivity index (χ1v) is 8.30. The highest BCUT2D eigenvalue weighted by Crippen LogP contribution is 2.42. The van der Waals surface area contributed by atoms with Crippen molar-refractivity contribution >= 4 is 28.5 Å². The van der Waals surface area contributed by atoms with Gasteiger partial charge in [0.2, 0.25) is 0 Å². The van der Waals surface area contributed by atoms with Gasteiger partial charge in [-0.25, -0.2) is 4.79 Å². The maximum absolute atomic E-state index is 12.3. The average molecular weight is 357 g/mol. The van der Waals surface area contributed by atoms with Gasteiger partial charge in [0.05, 0.1) is 5.56 Å². The van der Waals surface area contributed by atoms with E-state index >= 15 is 0 Å². The van der Waals surface area contributed by atoms with E-state index in [2.05, 4.69) is 4.98 Å². The van der Waals surface area contributed by atoms with Crippen LogP contribution in [-0.2, 0) is 11.3 Å². The summed E-state index contributed by atoms with van der Waals surface area (Å²) in [6, 6.07) is 10.3. The number of hydrogen-bond acceptors (Lipinski definition) is 4. The third-order valence-electron chi connectivity index (χ3n) is 4.38. The molecule has 0 saturated carbocycles. The number of carbonyl (C=O) groups is 1. The van der Waals surface area contributed by atoms with Crippen LogP contribution in [0.25, 0.3) is 10.9 Å². The number of benzene rings is 2. The third kappa shape index (κ3) is 2.65. The monoisotopic (exact) mass is 356 g/mol. The van der Waals surface area contributed by atoms with Crippen molar-refractivity contribution in [1.29, 1.82) is 0 Å². The van der Waals surface area contributed by atoms with E-state index in [0.717, 1.165) is 22.2 Å². The Morgan fingerprint density at radius 3 is 2.80 bits per heavy atom. The molecule has 0 amide bonds. The molecular formula is C19H17ClN2O3. The number of aromatic amines is 1. The second kappa shape index (κ2) is 5.79. The van der Waals surface area contributed by atoms with E-state index in [1.807, 2.05) is 37.2 Å². The number of ether oxygens (including phenoxy) is 1. The lowest BCUT2D eigenvalue weighted by Gasteiger charge is -2.16. The van der Waals surface area contributed by atoms with Gasteiger partial charge in [0.15, 0.2) is 6.10 Å². The van der Waals surface area contributed by atoms with Crippen molar-refractivity contribution in [3.05, 3.63) is 63.8 Å². The standard InChI is InChI=1S/C19H17ClN2O3/c1-22(2)9-16-17(14-7-10(20)3-6-15(14)21-16)18-13-8-11(23)4-5-12(13)19(24)25-18/h3-8,18,21,23H,9H2,1-2H3. The predicted molar refractivity (Wildman–Crippen MR) is 96.1 cm³/mol. The van der Waals surface area contributed by atoms with E-state index in [0.29, 0.717) is 22.7 Å². The quantitative estimate of drug-likeness (QED) is 0.700. The van der Waals surface area contributed by atoms with Crippen molar-refractivity contribution in [2.24, 2.45) is 0 Å². The van der Waals surface area contributed by atoms with Crippen LogP contribution in [0.1, 0.15) is 33.3 Å². The van der Waals surface area contributed by atoms with Crippen LogP contribution in [0.15, 0.2) is 36.4 Å². The van der Waals surface area contributed by atoms with Gasteiger partial charge in [0.1, 0.15) is 5.75 Å². The van der Waals surface area contributed by atoms with Crippen LogP contribution in [0.5, 0.6) is 5.75 Å². The Morgan fingerprint density at radius 2 is 2.04 bits per heavy atom. The summed E-state index contributed by atoms with van der Waals surface area (Å²) in [6.45, 7) is 0.657. The number of nitrogens with zero attached hydrogens (tertiary/aromatic N) is 1. The van der Waals surface area contributed by atoms with Gasteiger partial charge in [0.25, 0.3) is 0 Å². The molecule has 128 valence electrons. The molecule has 5 nitrogen and oxygen atoms in total. The van der Waals surface area contributed by atoms with E-state index in [9.17, 15) is 9.90 Å². The molecule has 0 spiro atoms.